The Kier molecular flexibility index (Phi) is 5.21. The number of piperidine rings is 1. The maximum Gasteiger partial charge on any atom is 0.231 e. The van der Waals surface area contributed by atoms with Crippen LogP contribution in [0.1, 0.15) is 19.3 Å². The van der Waals surface area contributed by atoms with Gasteiger partial charge in [-0.25, -0.2) is 0 Å². The lowest BCUT2D eigenvalue weighted by atomic mass is 10.0. The molecule has 6 heteroatoms. The van der Waals surface area contributed by atoms with Crippen LogP contribution in [-0.4, -0.2) is 48.9 Å². The molecule has 0 unspecified atom stereocenters. The summed E-state index contributed by atoms with van der Waals surface area (Å²) in [5.74, 6) is -0.290. The molecule has 5 N–H and O–H groups in total. The van der Waals surface area contributed by atoms with Crippen LogP contribution >= 0.6 is 0 Å². The third kappa shape index (κ3) is 4.59. The van der Waals surface area contributed by atoms with Crippen molar-refractivity contribution >= 4 is 11.8 Å². The van der Waals surface area contributed by atoms with Gasteiger partial charge in [-0.2, -0.15) is 0 Å². The Morgan fingerprint density at radius 1 is 1.31 bits per heavy atom. The highest BCUT2D eigenvalue weighted by Gasteiger charge is 2.20. The minimum atomic E-state index is -0.300. The number of hydrogen-bond acceptors (Lipinski definition) is 4. The molecule has 1 heterocycles. The zero-order valence-corrected chi connectivity index (χ0v) is 9.45. The molecular formula is C10H20N4O2. The first kappa shape index (κ1) is 12.9. The molecule has 92 valence electrons. The molecule has 0 aliphatic carbocycles. The van der Waals surface area contributed by atoms with Gasteiger partial charge in [0.1, 0.15) is 0 Å². The highest BCUT2D eigenvalue weighted by Crippen LogP contribution is 2.09. The van der Waals surface area contributed by atoms with Gasteiger partial charge in [-0.1, -0.05) is 0 Å². The van der Waals surface area contributed by atoms with Crippen molar-refractivity contribution in [3.8, 4) is 0 Å². The summed E-state index contributed by atoms with van der Waals surface area (Å²) < 4.78 is 0. The van der Waals surface area contributed by atoms with Gasteiger partial charge in [-0.15, -0.1) is 0 Å². The van der Waals surface area contributed by atoms with Crippen molar-refractivity contribution < 1.29 is 9.59 Å². The Bertz CT molecular complexity index is 249. The molecule has 0 aromatic rings. The van der Waals surface area contributed by atoms with Crippen LogP contribution in [-0.2, 0) is 9.59 Å². The number of primary amides is 1. The van der Waals surface area contributed by atoms with Gasteiger partial charge in [0.05, 0.1) is 6.54 Å². The molecule has 1 fully saturated rings. The predicted molar refractivity (Wildman–Crippen MR) is 60.5 cm³/mol. The monoisotopic (exact) mass is 228 g/mol. The lowest BCUT2D eigenvalue weighted by Crippen LogP contribution is -2.46. The molecular weight excluding hydrogens is 208 g/mol. The lowest BCUT2D eigenvalue weighted by molar-refractivity contribution is -0.122. The summed E-state index contributed by atoms with van der Waals surface area (Å²) in [5, 5.41) is 2.93. The van der Waals surface area contributed by atoms with Crippen LogP contribution in [0.5, 0.6) is 0 Å². The quantitative estimate of drug-likeness (QED) is 0.527. The van der Waals surface area contributed by atoms with Crippen molar-refractivity contribution in [3.63, 3.8) is 0 Å². The molecule has 0 radical (unpaired) electrons. The van der Waals surface area contributed by atoms with Gasteiger partial charge in [-0.3, -0.25) is 14.5 Å². The first-order valence-corrected chi connectivity index (χ1v) is 5.62. The molecule has 1 aliphatic heterocycles. The van der Waals surface area contributed by atoms with Gasteiger partial charge in [0.25, 0.3) is 0 Å². The largest absolute Gasteiger partial charge is 0.369 e. The second-order valence-electron chi connectivity index (χ2n) is 4.12. The summed E-state index contributed by atoms with van der Waals surface area (Å²) in [7, 11) is 0. The van der Waals surface area contributed by atoms with Gasteiger partial charge >= 0.3 is 0 Å². The van der Waals surface area contributed by atoms with Crippen molar-refractivity contribution in [2.24, 2.45) is 11.5 Å². The topological polar surface area (TPSA) is 101 Å². The zero-order chi connectivity index (χ0) is 12.0. The zero-order valence-electron chi connectivity index (χ0n) is 9.45. The van der Waals surface area contributed by atoms with Crippen LogP contribution in [0.25, 0.3) is 0 Å². The Morgan fingerprint density at radius 3 is 2.44 bits per heavy atom. The summed E-state index contributed by atoms with van der Waals surface area (Å²) in [6.07, 6.45) is 2.11. The molecule has 2 amide bonds. The Hall–Kier alpha value is -1.14. The van der Waals surface area contributed by atoms with Gasteiger partial charge < -0.3 is 16.8 Å². The fourth-order valence-electron chi connectivity index (χ4n) is 1.89. The van der Waals surface area contributed by atoms with Crippen LogP contribution in [0, 0.1) is 0 Å². The summed E-state index contributed by atoms with van der Waals surface area (Å²) in [6.45, 7) is 2.29. The number of nitrogens with two attached hydrogens (primary N) is 2. The maximum atomic E-state index is 11.3. The van der Waals surface area contributed by atoms with E-state index in [0.717, 1.165) is 25.9 Å². The minimum Gasteiger partial charge on any atom is -0.369 e. The van der Waals surface area contributed by atoms with E-state index in [9.17, 15) is 9.59 Å². The summed E-state index contributed by atoms with van der Waals surface area (Å²) in [5.41, 5.74) is 10.4. The molecule has 1 saturated heterocycles. The number of carbonyl (C=O) groups excluding carboxylic acids is 2. The molecule has 1 aliphatic rings. The van der Waals surface area contributed by atoms with E-state index >= 15 is 0 Å². The lowest BCUT2D eigenvalue weighted by Gasteiger charge is -2.31. The van der Waals surface area contributed by atoms with Crippen LogP contribution < -0.4 is 16.8 Å². The SMILES string of the molecule is NCCC(=O)NC1CCN(CC(N)=O)CC1. The number of amides is 2. The molecule has 0 bridgehead atoms. The first-order chi connectivity index (χ1) is 7.61. The van der Waals surface area contributed by atoms with Gasteiger partial charge in [-0.05, 0) is 12.8 Å². The molecule has 0 aromatic heterocycles. The van der Waals surface area contributed by atoms with Gasteiger partial charge in [0, 0.05) is 32.1 Å². The Morgan fingerprint density at radius 2 is 1.94 bits per heavy atom. The van der Waals surface area contributed by atoms with Gasteiger partial charge in [0.2, 0.25) is 11.8 Å². The number of carbonyl (C=O) groups is 2. The van der Waals surface area contributed by atoms with E-state index in [1.54, 1.807) is 0 Å². The second-order valence-corrected chi connectivity index (χ2v) is 4.12. The number of likely N-dealkylation sites (tertiary alicyclic amines) is 1. The summed E-state index contributed by atoms with van der Waals surface area (Å²) >= 11 is 0. The fraction of sp³-hybridized carbons (Fsp3) is 0.800. The third-order valence-corrected chi connectivity index (χ3v) is 2.70. The van der Waals surface area contributed by atoms with Crippen molar-refractivity contribution in [1.29, 1.82) is 0 Å². The van der Waals surface area contributed by atoms with Crippen molar-refractivity contribution in [1.82, 2.24) is 10.2 Å². The smallest absolute Gasteiger partial charge is 0.231 e. The highest BCUT2D eigenvalue weighted by atomic mass is 16.2. The normalized spacial score (nSPS) is 18.3. The number of nitrogens with one attached hydrogen (secondary N) is 1. The third-order valence-electron chi connectivity index (χ3n) is 2.70. The van der Waals surface area contributed by atoms with E-state index in [4.69, 9.17) is 11.5 Å². The Balaban J connectivity index is 2.21. The van der Waals surface area contributed by atoms with E-state index in [1.165, 1.54) is 0 Å². The minimum absolute atomic E-state index is 0.0100. The fourth-order valence-corrected chi connectivity index (χ4v) is 1.89. The van der Waals surface area contributed by atoms with Crippen molar-refractivity contribution in [2.45, 2.75) is 25.3 Å². The molecule has 6 nitrogen and oxygen atoms in total. The van der Waals surface area contributed by atoms with Crippen LogP contribution in [0.3, 0.4) is 0 Å². The number of nitrogens with zero attached hydrogens (tertiary/aromatic N) is 1. The Labute approximate surface area is 95.3 Å². The number of rotatable bonds is 5. The summed E-state index contributed by atoms with van der Waals surface area (Å²) in [6, 6.07) is 0.211. The predicted octanol–water partition coefficient (Wildman–Crippen LogP) is -1.60. The standard InChI is InChI=1S/C10H20N4O2/c11-4-1-10(16)13-8-2-5-14(6-3-8)7-9(12)15/h8H,1-7,11H2,(H2,12,15)(H,13,16). The van der Waals surface area contributed by atoms with E-state index in [1.807, 2.05) is 4.90 Å². The molecule has 0 aromatic carbocycles. The van der Waals surface area contributed by atoms with Crippen LogP contribution in [0.2, 0.25) is 0 Å². The maximum absolute atomic E-state index is 11.3. The van der Waals surface area contributed by atoms with E-state index in [0.29, 0.717) is 19.5 Å². The van der Waals surface area contributed by atoms with Gasteiger partial charge in [0.15, 0.2) is 0 Å². The van der Waals surface area contributed by atoms with Crippen molar-refractivity contribution in [3.05, 3.63) is 0 Å². The van der Waals surface area contributed by atoms with E-state index in [-0.39, 0.29) is 17.9 Å². The average molecular weight is 228 g/mol. The first-order valence-electron chi connectivity index (χ1n) is 5.62. The van der Waals surface area contributed by atoms with Crippen LogP contribution in [0.15, 0.2) is 0 Å². The molecule has 0 saturated carbocycles. The molecule has 1 rings (SSSR count). The molecule has 0 atom stereocenters. The van der Waals surface area contributed by atoms with E-state index in [2.05, 4.69) is 5.32 Å². The average Bonchev–Trinajstić information content (AvgIpc) is 2.20. The second kappa shape index (κ2) is 6.44. The summed E-state index contributed by atoms with van der Waals surface area (Å²) in [4.78, 5) is 24.0. The molecule has 0 spiro atoms. The molecule has 16 heavy (non-hydrogen) atoms. The number of hydrogen-bond donors (Lipinski definition) is 3. The van der Waals surface area contributed by atoms with Crippen LogP contribution in [0.4, 0.5) is 0 Å². The van der Waals surface area contributed by atoms with E-state index < -0.39 is 0 Å². The van der Waals surface area contributed by atoms with Crippen molar-refractivity contribution in [2.75, 3.05) is 26.2 Å². The highest BCUT2D eigenvalue weighted by molar-refractivity contribution is 5.76.